The monoisotopic (exact) mass is 170 g/mol. The molecular weight excluding hydrogens is 156 g/mol. The van der Waals surface area contributed by atoms with Crippen molar-refractivity contribution < 1.29 is 9.59 Å². The van der Waals surface area contributed by atoms with Crippen LogP contribution < -0.4 is 10.6 Å². The minimum absolute atomic E-state index is 0.0860. The molecule has 2 amide bonds. The van der Waals surface area contributed by atoms with Gasteiger partial charge in [-0.15, -0.1) is 0 Å². The fourth-order valence-corrected chi connectivity index (χ4v) is 1.18. The van der Waals surface area contributed by atoms with E-state index in [1.807, 2.05) is 13.8 Å². The van der Waals surface area contributed by atoms with Crippen LogP contribution in [0.4, 0.5) is 0 Å². The average molecular weight is 170 g/mol. The zero-order chi connectivity index (χ0) is 9.30. The highest BCUT2D eigenvalue weighted by Crippen LogP contribution is 2.06. The standard InChI is InChI=1S/C8H14N2O2/c1-4(2)6-8(12)9-5(3)7(11)10-6/h4-6H,1-3H3,(H,9,12)(H,10,11)/t5?,6-/m1/s1. The molecule has 2 N–H and O–H groups in total. The predicted octanol–water partition coefficient (Wildman–Crippen LogP) is -0.355. The topological polar surface area (TPSA) is 58.2 Å². The van der Waals surface area contributed by atoms with Crippen LogP contribution in [0.3, 0.4) is 0 Å². The lowest BCUT2D eigenvalue weighted by molar-refractivity contribution is -0.137. The lowest BCUT2D eigenvalue weighted by atomic mass is 10.0. The first-order valence-corrected chi connectivity index (χ1v) is 4.13. The summed E-state index contributed by atoms with van der Waals surface area (Å²) in [7, 11) is 0. The van der Waals surface area contributed by atoms with E-state index in [0.29, 0.717) is 0 Å². The molecule has 0 spiro atoms. The normalized spacial score (nSPS) is 30.0. The van der Waals surface area contributed by atoms with Crippen molar-refractivity contribution in [3.8, 4) is 0 Å². The van der Waals surface area contributed by atoms with Crippen LogP contribution in [0, 0.1) is 5.92 Å². The number of carbonyl (C=O) groups excluding carboxylic acids is 2. The van der Waals surface area contributed by atoms with E-state index in [-0.39, 0.29) is 23.8 Å². The molecule has 4 nitrogen and oxygen atoms in total. The van der Waals surface area contributed by atoms with Gasteiger partial charge in [-0.25, -0.2) is 0 Å². The Bertz CT molecular complexity index is 213. The second kappa shape index (κ2) is 3.13. The quantitative estimate of drug-likeness (QED) is 0.565. The van der Waals surface area contributed by atoms with Crippen LogP contribution in [0.2, 0.25) is 0 Å². The number of hydrogen-bond donors (Lipinski definition) is 2. The van der Waals surface area contributed by atoms with Crippen molar-refractivity contribution >= 4 is 11.8 Å². The number of rotatable bonds is 1. The minimum Gasteiger partial charge on any atom is -0.343 e. The van der Waals surface area contributed by atoms with Gasteiger partial charge in [-0.3, -0.25) is 9.59 Å². The number of carbonyl (C=O) groups is 2. The zero-order valence-electron chi connectivity index (χ0n) is 7.55. The third kappa shape index (κ3) is 1.57. The Balaban J connectivity index is 2.68. The molecule has 0 aromatic carbocycles. The highest BCUT2D eigenvalue weighted by Gasteiger charge is 2.32. The summed E-state index contributed by atoms with van der Waals surface area (Å²) in [4.78, 5) is 22.4. The van der Waals surface area contributed by atoms with Gasteiger partial charge >= 0.3 is 0 Å². The fraction of sp³-hybridized carbons (Fsp3) is 0.750. The molecule has 0 aliphatic carbocycles. The maximum atomic E-state index is 11.3. The molecule has 1 rings (SSSR count). The molecule has 2 atom stereocenters. The third-order valence-electron chi connectivity index (χ3n) is 2.00. The van der Waals surface area contributed by atoms with Gasteiger partial charge in [0.25, 0.3) is 0 Å². The summed E-state index contributed by atoms with van der Waals surface area (Å²) in [5.74, 6) is -0.0492. The van der Waals surface area contributed by atoms with Crippen molar-refractivity contribution in [2.75, 3.05) is 0 Å². The lowest BCUT2D eigenvalue weighted by Crippen LogP contribution is -2.62. The first-order chi connectivity index (χ1) is 5.52. The minimum atomic E-state index is -0.396. The van der Waals surface area contributed by atoms with Crippen molar-refractivity contribution in [1.82, 2.24) is 10.6 Å². The van der Waals surface area contributed by atoms with E-state index in [2.05, 4.69) is 10.6 Å². The Morgan fingerprint density at radius 3 is 2.25 bits per heavy atom. The molecular formula is C8H14N2O2. The molecule has 1 unspecified atom stereocenters. The highest BCUT2D eigenvalue weighted by molar-refractivity contribution is 5.96. The van der Waals surface area contributed by atoms with E-state index in [1.54, 1.807) is 6.92 Å². The molecule has 1 aliphatic rings. The summed E-state index contributed by atoms with van der Waals surface area (Å²) in [6, 6.07) is -0.763. The summed E-state index contributed by atoms with van der Waals surface area (Å²) in [5, 5.41) is 5.27. The van der Waals surface area contributed by atoms with Crippen molar-refractivity contribution in [3.63, 3.8) is 0 Å². The SMILES string of the molecule is CC1NC(=O)[C@@H](C(C)C)NC1=O. The van der Waals surface area contributed by atoms with Gasteiger partial charge in [0, 0.05) is 0 Å². The summed E-state index contributed by atoms with van der Waals surface area (Å²) in [6.45, 7) is 5.48. The van der Waals surface area contributed by atoms with Gasteiger partial charge in [0.1, 0.15) is 12.1 Å². The van der Waals surface area contributed by atoms with Gasteiger partial charge in [-0.2, -0.15) is 0 Å². The molecule has 12 heavy (non-hydrogen) atoms. The summed E-state index contributed by atoms with van der Waals surface area (Å²) >= 11 is 0. The average Bonchev–Trinajstić information content (AvgIpc) is 1.96. The number of nitrogens with one attached hydrogen (secondary N) is 2. The smallest absolute Gasteiger partial charge is 0.243 e. The van der Waals surface area contributed by atoms with Crippen molar-refractivity contribution in [1.29, 1.82) is 0 Å². The summed E-state index contributed by atoms with van der Waals surface area (Å²) < 4.78 is 0. The molecule has 4 heteroatoms. The van der Waals surface area contributed by atoms with Crippen LogP contribution in [0.25, 0.3) is 0 Å². The zero-order valence-corrected chi connectivity index (χ0v) is 7.55. The summed E-state index contributed by atoms with van der Waals surface area (Å²) in [5.41, 5.74) is 0. The molecule has 1 aliphatic heterocycles. The molecule has 0 aromatic rings. The first kappa shape index (κ1) is 9.03. The van der Waals surface area contributed by atoms with Gasteiger partial charge in [-0.05, 0) is 12.8 Å². The molecule has 0 aromatic heterocycles. The molecule has 68 valence electrons. The van der Waals surface area contributed by atoms with E-state index in [0.717, 1.165) is 0 Å². The second-order valence-corrected chi connectivity index (χ2v) is 3.46. The van der Waals surface area contributed by atoms with Crippen LogP contribution in [-0.4, -0.2) is 23.9 Å². The van der Waals surface area contributed by atoms with Crippen LogP contribution in [0.15, 0.2) is 0 Å². The largest absolute Gasteiger partial charge is 0.343 e. The van der Waals surface area contributed by atoms with Crippen molar-refractivity contribution in [2.24, 2.45) is 5.92 Å². The molecule has 1 fully saturated rings. The van der Waals surface area contributed by atoms with Crippen LogP contribution >= 0.6 is 0 Å². The summed E-state index contributed by atoms with van der Waals surface area (Å²) in [6.07, 6.45) is 0. The number of amides is 2. The Hall–Kier alpha value is -1.06. The molecule has 0 radical (unpaired) electrons. The van der Waals surface area contributed by atoms with Gasteiger partial charge < -0.3 is 10.6 Å². The van der Waals surface area contributed by atoms with E-state index in [4.69, 9.17) is 0 Å². The van der Waals surface area contributed by atoms with E-state index in [1.165, 1.54) is 0 Å². The maximum absolute atomic E-state index is 11.3. The van der Waals surface area contributed by atoms with E-state index in [9.17, 15) is 9.59 Å². The van der Waals surface area contributed by atoms with Crippen molar-refractivity contribution in [3.05, 3.63) is 0 Å². The van der Waals surface area contributed by atoms with Crippen LogP contribution in [-0.2, 0) is 9.59 Å². The second-order valence-electron chi connectivity index (χ2n) is 3.46. The fourth-order valence-electron chi connectivity index (χ4n) is 1.18. The van der Waals surface area contributed by atoms with Crippen LogP contribution in [0.1, 0.15) is 20.8 Å². The highest BCUT2D eigenvalue weighted by atomic mass is 16.2. The first-order valence-electron chi connectivity index (χ1n) is 4.13. The molecule has 0 saturated carbocycles. The van der Waals surface area contributed by atoms with Gasteiger partial charge in [0.2, 0.25) is 11.8 Å². The molecule has 1 heterocycles. The molecule has 1 saturated heterocycles. The Kier molecular flexibility index (Phi) is 2.35. The van der Waals surface area contributed by atoms with Gasteiger partial charge in [0.05, 0.1) is 0 Å². The Morgan fingerprint density at radius 1 is 1.17 bits per heavy atom. The van der Waals surface area contributed by atoms with Gasteiger partial charge in [0.15, 0.2) is 0 Å². The van der Waals surface area contributed by atoms with Crippen molar-refractivity contribution in [2.45, 2.75) is 32.9 Å². The predicted molar refractivity (Wildman–Crippen MR) is 44.4 cm³/mol. The number of piperazine rings is 1. The van der Waals surface area contributed by atoms with E-state index < -0.39 is 6.04 Å². The maximum Gasteiger partial charge on any atom is 0.243 e. The van der Waals surface area contributed by atoms with Crippen LogP contribution in [0.5, 0.6) is 0 Å². The lowest BCUT2D eigenvalue weighted by Gasteiger charge is -2.29. The third-order valence-corrected chi connectivity index (χ3v) is 2.00. The van der Waals surface area contributed by atoms with Gasteiger partial charge in [-0.1, -0.05) is 13.8 Å². The Morgan fingerprint density at radius 2 is 1.75 bits per heavy atom. The van der Waals surface area contributed by atoms with E-state index >= 15 is 0 Å². The Labute approximate surface area is 71.7 Å². The number of hydrogen-bond acceptors (Lipinski definition) is 2. The molecule has 0 bridgehead atoms.